The van der Waals surface area contributed by atoms with Crippen molar-refractivity contribution >= 4 is 11.7 Å². The number of rotatable bonds is 4. The van der Waals surface area contributed by atoms with Crippen LogP contribution in [0.2, 0.25) is 0 Å². The van der Waals surface area contributed by atoms with Gasteiger partial charge in [0.25, 0.3) is 0 Å². The summed E-state index contributed by atoms with van der Waals surface area (Å²) >= 11 is 0. The van der Waals surface area contributed by atoms with Crippen molar-refractivity contribution in [2.75, 3.05) is 5.32 Å². The Morgan fingerprint density at radius 3 is 2.53 bits per heavy atom. The molecule has 1 atom stereocenters. The first kappa shape index (κ1) is 13.8. The van der Waals surface area contributed by atoms with E-state index in [-0.39, 0.29) is 11.7 Å². The number of carboxylic acid groups (broad SMARTS) is 1. The van der Waals surface area contributed by atoms with Crippen molar-refractivity contribution in [2.24, 2.45) is 5.92 Å². The lowest BCUT2D eigenvalue weighted by Gasteiger charge is -2.22. The number of hydrogen-bond donors (Lipinski definition) is 2. The quantitative estimate of drug-likeness (QED) is 0.877. The third-order valence-electron chi connectivity index (χ3n) is 3.78. The predicted octanol–water partition coefficient (Wildman–Crippen LogP) is 3.65. The standard InChI is InChI=1S/C14H17F2NO2/c1-8(9-4-2-3-5-9)17-13-6-10(14(18)19)11(15)7-12(13)16/h6-9,17H,2-5H2,1H3,(H,18,19). The summed E-state index contributed by atoms with van der Waals surface area (Å²) in [6.07, 6.45) is 4.51. The maximum Gasteiger partial charge on any atom is 0.338 e. The van der Waals surface area contributed by atoms with Crippen molar-refractivity contribution in [2.45, 2.75) is 38.6 Å². The van der Waals surface area contributed by atoms with Crippen molar-refractivity contribution in [1.29, 1.82) is 0 Å². The topological polar surface area (TPSA) is 49.3 Å². The molecule has 0 amide bonds. The number of carboxylic acids is 1. The third-order valence-corrected chi connectivity index (χ3v) is 3.78. The molecule has 0 saturated heterocycles. The van der Waals surface area contributed by atoms with E-state index in [1.807, 2.05) is 6.92 Å². The average molecular weight is 269 g/mol. The largest absolute Gasteiger partial charge is 0.478 e. The summed E-state index contributed by atoms with van der Waals surface area (Å²) in [4.78, 5) is 10.8. The Hall–Kier alpha value is -1.65. The summed E-state index contributed by atoms with van der Waals surface area (Å²) < 4.78 is 26.9. The van der Waals surface area contributed by atoms with Gasteiger partial charge >= 0.3 is 5.97 Å². The highest BCUT2D eigenvalue weighted by atomic mass is 19.1. The summed E-state index contributed by atoms with van der Waals surface area (Å²) in [7, 11) is 0. The zero-order valence-corrected chi connectivity index (χ0v) is 10.7. The molecule has 0 radical (unpaired) electrons. The van der Waals surface area contributed by atoms with Crippen LogP contribution in [0.4, 0.5) is 14.5 Å². The van der Waals surface area contributed by atoms with E-state index in [4.69, 9.17) is 5.11 Å². The molecule has 2 N–H and O–H groups in total. The molecule has 1 aliphatic rings. The van der Waals surface area contributed by atoms with Gasteiger partial charge in [-0.3, -0.25) is 0 Å². The smallest absolute Gasteiger partial charge is 0.338 e. The van der Waals surface area contributed by atoms with Crippen molar-refractivity contribution in [3.63, 3.8) is 0 Å². The molecule has 19 heavy (non-hydrogen) atoms. The molecular weight excluding hydrogens is 252 g/mol. The predicted molar refractivity (Wildman–Crippen MR) is 68.4 cm³/mol. The molecule has 1 aromatic carbocycles. The molecule has 0 aliphatic heterocycles. The molecule has 0 spiro atoms. The first-order valence-electron chi connectivity index (χ1n) is 6.48. The van der Waals surface area contributed by atoms with Gasteiger partial charge in [0.2, 0.25) is 0 Å². The van der Waals surface area contributed by atoms with Gasteiger partial charge in [-0.1, -0.05) is 12.8 Å². The van der Waals surface area contributed by atoms with E-state index in [0.29, 0.717) is 12.0 Å². The Kier molecular flexibility index (Phi) is 4.02. The van der Waals surface area contributed by atoms with Crippen molar-refractivity contribution < 1.29 is 18.7 Å². The fourth-order valence-corrected chi connectivity index (χ4v) is 2.64. The van der Waals surface area contributed by atoms with Gasteiger partial charge in [-0.2, -0.15) is 0 Å². The molecule has 5 heteroatoms. The Morgan fingerprint density at radius 2 is 1.95 bits per heavy atom. The van der Waals surface area contributed by atoms with Gasteiger partial charge in [-0.25, -0.2) is 13.6 Å². The Bertz CT molecular complexity index is 485. The summed E-state index contributed by atoms with van der Waals surface area (Å²) in [5.41, 5.74) is -0.458. The molecule has 1 fully saturated rings. The highest BCUT2D eigenvalue weighted by molar-refractivity contribution is 5.89. The van der Waals surface area contributed by atoms with Crippen LogP contribution in [0.5, 0.6) is 0 Å². The lowest BCUT2D eigenvalue weighted by molar-refractivity contribution is 0.0692. The van der Waals surface area contributed by atoms with Crippen molar-refractivity contribution in [1.82, 2.24) is 0 Å². The van der Waals surface area contributed by atoms with Gasteiger partial charge in [-0.15, -0.1) is 0 Å². The van der Waals surface area contributed by atoms with E-state index >= 15 is 0 Å². The average Bonchev–Trinajstić information content (AvgIpc) is 2.85. The normalized spacial score (nSPS) is 17.4. The van der Waals surface area contributed by atoms with Crippen molar-refractivity contribution in [3.8, 4) is 0 Å². The highest BCUT2D eigenvalue weighted by Crippen LogP contribution is 2.30. The highest BCUT2D eigenvalue weighted by Gasteiger charge is 2.23. The van der Waals surface area contributed by atoms with Crippen LogP contribution in [0.1, 0.15) is 43.0 Å². The van der Waals surface area contributed by atoms with Gasteiger partial charge in [0.05, 0.1) is 11.3 Å². The number of nitrogens with one attached hydrogen (secondary N) is 1. The lowest BCUT2D eigenvalue weighted by atomic mass is 9.99. The van der Waals surface area contributed by atoms with Crippen molar-refractivity contribution in [3.05, 3.63) is 29.3 Å². The first-order chi connectivity index (χ1) is 8.99. The van der Waals surface area contributed by atoms with Crippen LogP contribution in [0.3, 0.4) is 0 Å². The summed E-state index contributed by atoms with van der Waals surface area (Å²) in [5, 5.41) is 11.8. The molecule has 2 rings (SSSR count). The molecule has 1 aliphatic carbocycles. The molecule has 0 aromatic heterocycles. The molecule has 1 unspecified atom stereocenters. The fraction of sp³-hybridized carbons (Fsp3) is 0.500. The molecule has 3 nitrogen and oxygen atoms in total. The second kappa shape index (κ2) is 5.55. The Labute approximate surface area is 110 Å². The van der Waals surface area contributed by atoms with Gasteiger partial charge < -0.3 is 10.4 Å². The van der Waals surface area contributed by atoms with Crippen LogP contribution >= 0.6 is 0 Å². The van der Waals surface area contributed by atoms with E-state index < -0.39 is 23.2 Å². The summed E-state index contributed by atoms with van der Waals surface area (Å²) in [5.74, 6) is -2.75. The maximum atomic E-state index is 13.6. The molecule has 104 valence electrons. The molecule has 1 saturated carbocycles. The minimum atomic E-state index is -1.39. The summed E-state index contributed by atoms with van der Waals surface area (Å²) in [6.45, 7) is 1.94. The van der Waals surface area contributed by atoms with E-state index in [1.54, 1.807) is 0 Å². The molecule has 1 aromatic rings. The molecule has 0 heterocycles. The Morgan fingerprint density at radius 1 is 1.32 bits per heavy atom. The van der Waals surface area contributed by atoms with Gasteiger partial charge in [0, 0.05) is 12.1 Å². The maximum absolute atomic E-state index is 13.6. The summed E-state index contributed by atoms with van der Waals surface area (Å²) in [6, 6.07) is 1.69. The SMILES string of the molecule is CC(Nc1cc(C(=O)O)c(F)cc1F)C1CCCC1. The van der Waals surface area contributed by atoms with Gasteiger partial charge in [-0.05, 0) is 31.7 Å². The molecular formula is C14H17F2NO2. The monoisotopic (exact) mass is 269 g/mol. The second-order valence-electron chi connectivity index (χ2n) is 5.09. The van der Waals surface area contributed by atoms with Crippen LogP contribution in [-0.4, -0.2) is 17.1 Å². The van der Waals surface area contributed by atoms with E-state index in [2.05, 4.69) is 5.32 Å². The fourth-order valence-electron chi connectivity index (χ4n) is 2.64. The minimum absolute atomic E-state index is 0.0455. The number of hydrogen-bond acceptors (Lipinski definition) is 2. The Balaban J connectivity index is 2.19. The molecule has 0 bridgehead atoms. The number of anilines is 1. The van der Waals surface area contributed by atoms with Gasteiger partial charge in [0.1, 0.15) is 11.6 Å². The lowest BCUT2D eigenvalue weighted by Crippen LogP contribution is -2.24. The zero-order chi connectivity index (χ0) is 14.0. The number of carbonyl (C=O) groups is 1. The van der Waals surface area contributed by atoms with Crippen LogP contribution in [-0.2, 0) is 0 Å². The van der Waals surface area contributed by atoms with Crippen LogP contribution in [0.25, 0.3) is 0 Å². The number of aromatic carboxylic acids is 1. The zero-order valence-electron chi connectivity index (χ0n) is 10.7. The third kappa shape index (κ3) is 3.03. The van der Waals surface area contributed by atoms with Crippen LogP contribution in [0, 0.1) is 17.6 Å². The number of halogens is 2. The van der Waals surface area contributed by atoms with E-state index in [0.717, 1.165) is 18.9 Å². The van der Waals surface area contributed by atoms with E-state index in [1.165, 1.54) is 12.8 Å². The van der Waals surface area contributed by atoms with E-state index in [9.17, 15) is 13.6 Å². The van der Waals surface area contributed by atoms with Crippen LogP contribution < -0.4 is 5.32 Å². The van der Waals surface area contributed by atoms with Crippen LogP contribution in [0.15, 0.2) is 12.1 Å². The second-order valence-corrected chi connectivity index (χ2v) is 5.09. The minimum Gasteiger partial charge on any atom is -0.478 e. The number of benzene rings is 1. The van der Waals surface area contributed by atoms with Gasteiger partial charge in [0.15, 0.2) is 0 Å². The first-order valence-corrected chi connectivity index (χ1v) is 6.48.